The molecular formula is C14H15NO. The third kappa shape index (κ3) is 1.54. The van der Waals surface area contributed by atoms with Gasteiger partial charge in [0, 0.05) is 18.7 Å². The number of rotatable bonds is 1. The van der Waals surface area contributed by atoms with E-state index in [1.165, 1.54) is 0 Å². The molecule has 3 heterocycles. The summed E-state index contributed by atoms with van der Waals surface area (Å²) in [5.41, 5.74) is 2.16. The molecule has 82 valence electrons. The molecule has 2 nitrogen and oxygen atoms in total. The van der Waals surface area contributed by atoms with Gasteiger partial charge < -0.3 is 4.90 Å². The molecule has 0 aliphatic carbocycles. The van der Waals surface area contributed by atoms with Gasteiger partial charge in [-0.3, -0.25) is 4.79 Å². The lowest BCUT2D eigenvalue weighted by atomic mass is 9.82. The zero-order valence-corrected chi connectivity index (χ0v) is 9.23. The number of piperidine rings is 3. The van der Waals surface area contributed by atoms with Crippen molar-refractivity contribution in [3.8, 4) is 0 Å². The van der Waals surface area contributed by atoms with E-state index in [2.05, 4.69) is 18.2 Å². The zero-order valence-electron chi connectivity index (χ0n) is 9.23. The van der Waals surface area contributed by atoms with Crippen LogP contribution in [-0.2, 0) is 4.79 Å². The van der Waals surface area contributed by atoms with Gasteiger partial charge in [0.15, 0.2) is 0 Å². The van der Waals surface area contributed by atoms with Crippen LogP contribution in [0.4, 0.5) is 0 Å². The van der Waals surface area contributed by atoms with Crippen LogP contribution >= 0.6 is 0 Å². The van der Waals surface area contributed by atoms with Gasteiger partial charge in [-0.2, -0.15) is 0 Å². The summed E-state index contributed by atoms with van der Waals surface area (Å²) in [6.07, 6.45) is 4.35. The monoisotopic (exact) mass is 213 g/mol. The molecule has 3 aliphatic heterocycles. The largest absolute Gasteiger partial charge is 0.339 e. The summed E-state index contributed by atoms with van der Waals surface area (Å²) in [6.45, 7) is 1.91. The van der Waals surface area contributed by atoms with Crippen molar-refractivity contribution in [2.75, 3.05) is 13.1 Å². The minimum Gasteiger partial charge on any atom is -0.339 e. The first-order valence-electron chi connectivity index (χ1n) is 5.90. The van der Waals surface area contributed by atoms with Crippen LogP contribution in [0, 0.1) is 5.92 Å². The molecule has 0 atom stereocenters. The minimum absolute atomic E-state index is 0.256. The second-order valence-electron chi connectivity index (χ2n) is 4.58. The van der Waals surface area contributed by atoms with Crippen molar-refractivity contribution < 1.29 is 4.79 Å². The average Bonchev–Trinajstić information content (AvgIpc) is 2.36. The molecular weight excluding hydrogens is 198 g/mol. The quantitative estimate of drug-likeness (QED) is 0.656. The van der Waals surface area contributed by atoms with E-state index in [1.54, 1.807) is 0 Å². The van der Waals surface area contributed by atoms with Crippen molar-refractivity contribution in [1.82, 2.24) is 4.90 Å². The van der Waals surface area contributed by atoms with E-state index >= 15 is 0 Å². The number of benzene rings is 1. The predicted molar refractivity (Wildman–Crippen MR) is 63.7 cm³/mol. The van der Waals surface area contributed by atoms with Gasteiger partial charge in [-0.05, 0) is 30.4 Å². The fourth-order valence-electron chi connectivity index (χ4n) is 2.66. The number of fused-ring (bicyclic) bond motifs is 3. The third-order valence-corrected chi connectivity index (χ3v) is 3.59. The topological polar surface area (TPSA) is 20.3 Å². The van der Waals surface area contributed by atoms with Crippen molar-refractivity contribution in [3.05, 3.63) is 41.5 Å². The van der Waals surface area contributed by atoms with Gasteiger partial charge in [-0.15, -0.1) is 0 Å². The molecule has 3 aliphatic rings. The zero-order chi connectivity index (χ0) is 11.0. The number of amides is 1. The summed E-state index contributed by atoms with van der Waals surface area (Å²) < 4.78 is 0. The van der Waals surface area contributed by atoms with Crippen LogP contribution in [0.3, 0.4) is 0 Å². The number of nitrogens with zero attached hydrogens (tertiary/aromatic N) is 1. The van der Waals surface area contributed by atoms with E-state index in [0.29, 0.717) is 5.92 Å². The van der Waals surface area contributed by atoms with Crippen molar-refractivity contribution in [2.45, 2.75) is 12.8 Å². The van der Waals surface area contributed by atoms with Crippen molar-refractivity contribution in [2.24, 2.45) is 5.92 Å². The lowest BCUT2D eigenvalue weighted by Gasteiger charge is -2.40. The van der Waals surface area contributed by atoms with Crippen LogP contribution in [0.1, 0.15) is 18.4 Å². The van der Waals surface area contributed by atoms with Crippen LogP contribution in [0.15, 0.2) is 35.9 Å². The first-order chi connectivity index (χ1) is 7.84. The molecule has 3 fully saturated rings. The Hall–Kier alpha value is -1.57. The van der Waals surface area contributed by atoms with Crippen molar-refractivity contribution in [1.29, 1.82) is 0 Å². The van der Waals surface area contributed by atoms with E-state index in [4.69, 9.17) is 0 Å². The summed E-state index contributed by atoms with van der Waals surface area (Å²) >= 11 is 0. The summed E-state index contributed by atoms with van der Waals surface area (Å²) in [6, 6.07) is 10.1. The third-order valence-electron chi connectivity index (χ3n) is 3.59. The number of hydrogen-bond donors (Lipinski definition) is 0. The molecule has 2 heteroatoms. The van der Waals surface area contributed by atoms with Crippen LogP contribution < -0.4 is 0 Å². The van der Waals surface area contributed by atoms with Gasteiger partial charge in [0.25, 0.3) is 0 Å². The molecule has 2 bridgehead atoms. The highest BCUT2D eigenvalue weighted by molar-refractivity contribution is 5.99. The van der Waals surface area contributed by atoms with Crippen LogP contribution in [0.25, 0.3) is 6.08 Å². The number of carbonyl (C=O) groups is 1. The lowest BCUT2D eigenvalue weighted by molar-refractivity contribution is -0.132. The maximum absolute atomic E-state index is 12.0. The molecule has 0 unspecified atom stereocenters. The molecule has 3 saturated heterocycles. The fourth-order valence-corrected chi connectivity index (χ4v) is 2.66. The van der Waals surface area contributed by atoms with Gasteiger partial charge in [-0.1, -0.05) is 30.3 Å². The van der Waals surface area contributed by atoms with E-state index in [-0.39, 0.29) is 5.91 Å². The molecule has 0 spiro atoms. The lowest BCUT2D eigenvalue weighted by Crippen LogP contribution is -2.47. The highest BCUT2D eigenvalue weighted by atomic mass is 16.2. The second-order valence-corrected chi connectivity index (χ2v) is 4.58. The Kier molecular flexibility index (Phi) is 2.28. The van der Waals surface area contributed by atoms with Gasteiger partial charge >= 0.3 is 0 Å². The van der Waals surface area contributed by atoms with E-state index in [9.17, 15) is 4.79 Å². The van der Waals surface area contributed by atoms with Crippen molar-refractivity contribution in [3.63, 3.8) is 0 Å². The molecule has 4 rings (SSSR count). The Bertz CT molecular complexity index is 427. The van der Waals surface area contributed by atoms with E-state index < -0.39 is 0 Å². The molecule has 1 aromatic carbocycles. The number of hydrogen-bond acceptors (Lipinski definition) is 1. The maximum Gasteiger partial charge on any atom is 0.250 e. The van der Waals surface area contributed by atoms with Gasteiger partial charge in [0.05, 0.1) is 0 Å². The van der Waals surface area contributed by atoms with Crippen LogP contribution in [-0.4, -0.2) is 23.9 Å². The normalized spacial score (nSPS) is 23.1. The average molecular weight is 213 g/mol. The van der Waals surface area contributed by atoms with Crippen molar-refractivity contribution >= 4 is 12.0 Å². The Morgan fingerprint density at radius 1 is 1.12 bits per heavy atom. The molecule has 0 saturated carbocycles. The predicted octanol–water partition coefficient (Wildman–Crippen LogP) is 2.32. The standard InChI is InChI=1S/C14H15NO/c16-14-13(10-11-4-2-1-3-5-11)12-6-8-15(14)9-7-12/h1-5,10,12H,6-9H2. The first kappa shape index (κ1) is 9.64. The molecule has 0 N–H and O–H groups in total. The van der Waals surface area contributed by atoms with Gasteiger partial charge in [0.1, 0.15) is 0 Å². The maximum atomic E-state index is 12.0. The summed E-state index contributed by atoms with van der Waals surface area (Å²) in [5, 5.41) is 0. The van der Waals surface area contributed by atoms with Gasteiger partial charge in [0.2, 0.25) is 5.91 Å². The summed E-state index contributed by atoms with van der Waals surface area (Å²) in [5.74, 6) is 0.754. The number of carbonyl (C=O) groups excluding carboxylic acids is 1. The van der Waals surface area contributed by atoms with E-state index in [1.807, 2.05) is 23.1 Å². The van der Waals surface area contributed by atoms with Crippen LogP contribution in [0.2, 0.25) is 0 Å². The summed E-state index contributed by atoms with van der Waals surface area (Å²) in [4.78, 5) is 14.0. The molecule has 16 heavy (non-hydrogen) atoms. The highest BCUT2D eigenvalue weighted by Gasteiger charge is 2.35. The molecule has 0 aromatic heterocycles. The Balaban J connectivity index is 1.95. The SMILES string of the molecule is O=C1C(=Cc2ccccc2)C2CCN1CC2. The van der Waals surface area contributed by atoms with Gasteiger partial charge in [-0.25, -0.2) is 0 Å². The fraction of sp³-hybridized carbons (Fsp3) is 0.357. The molecule has 0 radical (unpaired) electrons. The van der Waals surface area contributed by atoms with Crippen LogP contribution in [0.5, 0.6) is 0 Å². The van der Waals surface area contributed by atoms with E-state index in [0.717, 1.165) is 37.1 Å². The highest BCUT2D eigenvalue weighted by Crippen LogP contribution is 2.33. The first-order valence-corrected chi connectivity index (χ1v) is 5.90. The second kappa shape index (κ2) is 3.78. The smallest absolute Gasteiger partial charge is 0.250 e. The molecule has 1 aromatic rings. The Morgan fingerprint density at radius 3 is 2.44 bits per heavy atom. The minimum atomic E-state index is 0.256. The summed E-state index contributed by atoms with van der Waals surface area (Å²) in [7, 11) is 0. The Labute approximate surface area is 95.6 Å². The molecule has 1 amide bonds. The Morgan fingerprint density at radius 2 is 1.81 bits per heavy atom.